The summed E-state index contributed by atoms with van der Waals surface area (Å²) in [6.45, 7) is 8.11. The van der Waals surface area contributed by atoms with Crippen LogP contribution >= 0.6 is 0 Å². The predicted octanol–water partition coefficient (Wildman–Crippen LogP) is 4.09. The molecule has 1 aromatic carbocycles. The largest absolute Gasteiger partial charge is 0.494 e. The Labute approximate surface area is 153 Å². The van der Waals surface area contributed by atoms with Crippen LogP contribution in [0.1, 0.15) is 59.4 Å². The zero-order valence-electron chi connectivity index (χ0n) is 15.8. The van der Waals surface area contributed by atoms with Crippen LogP contribution in [0.2, 0.25) is 0 Å². The Kier molecular flexibility index (Phi) is 3.97. The highest BCUT2D eigenvalue weighted by atomic mass is 19.3. The van der Waals surface area contributed by atoms with E-state index in [-0.39, 0.29) is 30.1 Å². The van der Waals surface area contributed by atoms with Crippen molar-refractivity contribution in [3.63, 3.8) is 0 Å². The summed E-state index contributed by atoms with van der Waals surface area (Å²) in [6.07, 6.45) is 2.63. The lowest BCUT2D eigenvalue weighted by molar-refractivity contribution is -0.0436. The molecule has 2 aliphatic rings. The molecule has 2 fully saturated rings. The van der Waals surface area contributed by atoms with Gasteiger partial charge in [-0.2, -0.15) is 0 Å². The Balaban J connectivity index is 1.59. The van der Waals surface area contributed by atoms with Crippen LogP contribution in [-0.2, 0) is 9.31 Å². The number of nitrogens with zero attached hydrogens (tertiary/aromatic N) is 2. The topological polar surface area (TPSA) is 36.3 Å². The summed E-state index contributed by atoms with van der Waals surface area (Å²) in [5, 5.41) is 0. The van der Waals surface area contributed by atoms with Gasteiger partial charge in [0.2, 0.25) is 5.92 Å². The summed E-state index contributed by atoms with van der Waals surface area (Å²) in [5.41, 5.74) is 1.96. The average molecular weight is 362 g/mol. The summed E-state index contributed by atoms with van der Waals surface area (Å²) in [7, 11) is -0.428. The molecule has 0 amide bonds. The molecule has 0 spiro atoms. The normalized spacial score (nSPS) is 25.1. The van der Waals surface area contributed by atoms with Gasteiger partial charge in [0, 0.05) is 18.9 Å². The molecule has 26 heavy (non-hydrogen) atoms. The summed E-state index contributed by atoms with van der Waals surface area (Å²) in [4.78, 5) is 4.50. The lowest BCUT2D eigenvalue weighted by atomic mass is 9.79. The van der Waals surface area contributed by atoms with Gasteiger partial charge in [-0.25, -0.2) is 13.8 Å². The van der Waals surface area contributed by atoms with E-state index in [1.54, 1.807) is 6.33 Å². The third-order valence-electron chi connectivity index (χ3n) is 6.20. The van der Waals surface area contributed by atoms with Crippen LogP contribution in [0.15, 0.2) is 24.5 Å². The second-order valence-electron chi connectivity index (χ2n) is 8.58. The van der Waals surface area contributed by atoms with E-state index in [1.165, 1.54) is 0 Å². The first-order valence-corrected chi connectivity index (χ1v) is 9.28. The van der Waals surface area contributed by atoms with Crippen LogP contribution in [0.5, 0.6) is 0 Å². The first kappa shape index (κ1) is 17.9. The highest BCUT2D eigenvalue weighted by molar-refractivity contribution is 6.62. The summed E-state index contributed by atoms with van der Waals surface area (Å²) in [6, 6.07) is 6.04. The van der Waals surface area contributed by atoms with Crippen molar-refractivity contribution in [1.29, 1.82) is 0 Å². The Morgan fingerprint density at radius 1 is 1.08 bits per heavy atom. The molecular weight excluding hydrogens is 337 g/mol. The fourth-order valence-electron chi connectivity index (χ4n) is 3.77. The van der Waals surface area contributed by atoms with Gasteiger partial charge in [0.1, 0.15) is 0 Å². The number of halogens is 2. The molecule has 2 heterocycles. The number of hydrogen-bond acceptors (Lipinski definition) is 3. The molecular formula is C19H25BF2N2O2. The van der Waals surface area contributed by atoms with Gasteiger partial charge in [-0.1, -0.05) is 6.07 Å². The molecule has 0 radical (unpaired) electrons. The third kappa shape index (κ3) is 2.95. The zero-order valence-corrected chi connectivity index (χ0v) is 15.8. The molecule has 2 aromatic rings. The molecule has 0 unspecified atom stereocenters. The highest BCUT2D eigenvalue weighted by Crippen LogP contribution is 2.40. The molecule has 7 heteroatoms. The van der Waals surface area contributed by atoms with Gasteiger partial charge in [0.15, 0.2) is 0 Å². The van der Waals surface area contributed by atoms with E-state index in [2.05, 4.69) is 4.98 Å². The third-order valence-corrected chi connectivity index (χ3v) is 6.20. The van der Waals surface area contributed by atoms with E-state index >= 15 is 0 Å². The minimum Gasteiger partial charge on any atom is -0.399 e. The van der Waals surface area contributed by atoms with Crippen LogP contribution in [0.3, 0.4) is 0 Å². The predicted molar refractivity (Wildman–Crippen MR) is 97.9 cm³/mol. The van der Waals surface area contributed by atoms with Crippen LogP contribution in [0.4, 0.5) is 8.78 Å². The number of aromatic nitrogens is 2. The van der Waals surface area contributed by atoms with E-state index in [9.17, 15) is 8.78 Å². The minimum atomic E-state index is -2.52. The fraction of sp³-hybridized carbons (Fsp3) is 0.632. The monoisotopic (exact) mass is 362 g/mol. The van der Waals surface area contributed by atoms with Gasteiger partial charge in [-0.15, -0.1) is 0 Å². The molecule has 0 atom stereocenters. The Bertz CT molecular complexity index is 808. The first-order valence-electron chi connectivity index (χ1n) is 9.28. The number of rotatable bonds is 2. The highest BCUT2D eigenvalue weighted by Gasteiger charge is 2.51. The van der Waals surface area contributed by atoms with Crippen molar-refractivity contribution in [2.45, 2.75) is 76.5 Å². The van der Waals surface area contributed by atoms with Crippen LogP contribution < -0.4 is 5.46 Å². The van der Waals surface area contributed by atoms with Crippen LogP contribution in [0, 0.1) is 0 Å². The molecule has 1 aliphatic carbocycles. The lowest BCUT2D eigenvalue weighted by Gasteiger charge is -2.32. The Morgan fingerprint density at radius 2 is 1.69 bits per heavy atom. The van der Waals surface area contributed by atoms with E-state index in [0.717, 1.165) is 16.5 Å². The summed E-state index contributed by atoms with van der Waals surface area (Å²) in [5.74, 6) is -2.52. The Morgan fingerprint density at radius 3 is 2.31 bits per heavy atom. The summed E-state index contributed by atoms with van der Waals surface area (Å²) < 4.78 is 41.1. The lowest BCUT2D eigenvalue weighted by Crippen LogP contribution is -2.41. The second kappa shape index (κ2) is 5.76. The van der Waals surface area contributed by atoms with Gasteiger partial charge in [-0.3, -0.25) is 0 Å². The molecule has 1 aliphatic heterocycles. The molecule has 140 valence electrons. The molecule has 1 saturated heterocycles. The number of benzene rings is 1. The van der Waals surface area contributed by atoms with Gasteiger partial charge >= 0.3 is 7.12 Å². The maximum absolute atomic E-state index is 13.4. The fourth-order valence-corrected chi connectivity index (χ4v) is 3.77. The van der Waals surface area contributed by atoms with Crippen molar-refractivity contribution in [1.82, 2.24) is 9.55 Å². The van der Waals surface area contributed by atoms with E-state index in [4.69, 9.17) is 9.31 Å². The van der Waals surface area contributed by atoms with E-state index < -0.39 is 13.0 Å². The maximum Gasteiger partial charge on any atom is 0.494 e. The average Bonchev–Trinajstić information content (AvgIpc) is 3.05. The van der Waals surface area contributed by atoms with Gasteiger partial charge in [0.25, 0.3) is 0 Å². The van der Waals surface area contributed by atoms with Crippen molar-refractivity contribution in [2.24, 2.45) is 0 Å². The van der Waals surface area contributed by atoms with Gasteiger partial charge in [0.05, 0.1) is 28.6 Å². The standard InChI is InChI=1S/C19H25BF2N2O2/c1-17(2)18(3,4)26-20(25-17)13-5-6-16-15(11-13)23-12-24(16)14-7-9-19(21,22)10-8-14/h5-6,11-12,14H,7-10H2,1-4H3. The van der Waals surface area contributed by atoms with Crippen molar-refractivity contribution in [3.05, 3.63) is 24.5 Å². The van der Waals surface area contributed by atoms with Gasteiger partial charge < -0.3 is 13.9 Å². The number of hydrogen-bond donors (Lipinski definition) is 0. The molecule has 1 saturated carbocycles. The Hall–Kier alpha value is -1.47. The molecule has 1 aromatic heterocycles. The second-order valence-corrected chi connectivity index (χ2v) is 8.58. The number of fused-ring (bicyclic) bond motifs is 1. The minimum absolute atomic E-state index is 0.0522. The maximum atomic E-state index is 13.4. The van der Waals surface area contributed by atoms with Crippen molar-refractivity contribution in [2.75, 3.05) is 0 Å². The molecule has 4 rings (SSSR count). The van der Waals surface area contributed by atoms with Crippen LogP contribution in [-0.4, -0.2) is 33.8 Å². The van der Waals surface area contributed by atoms with Crippen molar-refractivity contribution in [3.8, 4) is 0 Å². The van der Waals surface area contributed by atoms with Crippen LogP contribution in [0.25, 0.3) is 11.0 Å². The molecule has 4 nitrogen and oxygen atoms in total. The number of alkyl halides is 2. The first-order chi connectivity index (χ1) is 12.1. The SMILES string of the molecule is CC1(C)OB(c2ccc3c(c2)ncn3C2CCC(F)(F)CC2)OC1(C)C. The quantitative estimate of drug-likeness (QED) is 0.756. The van der Waals surface area contributed by atoms with Crippen molar-refractivity contribution >= 4 is 23.6 Å². The molecule has 0 N–H and O–H groups in total. The van der Waals surface area contributed by atoms with Crippen molar-refractivity contribution < 1.29 is 18.1 Å². The van der Waals surface area contributed by atoms with E-state index in [1.807, 2.05) is 50.5 Å². The number of imidazole rings is 1. The van der Waals surface area contributed by atoms with E-state index in [0.29, 0.717) is 12.8 Å². The van der Waals surface area contributed by atoms with Gasteiger partial charge in [-0.05, 0) is 58.1 Å². The summed E-state index contributed by atoms with van der Waals surface area (Å²) >= 11 is 0. The molecule has 0 bridgehead atoms. The smallest absolute Gasteiger partial charge is 0.399 e. The zero-order chi connectivity index (χ0) is 18.7.